The predicted molar refractivity (Wildman–Crippen MR) is 95.3 cm³/mol. The van der Waals surface area contributed by atoms with Gasteiger partial charge >= 0.3 is 0 Å². The zero-order valence-corrected chi connectivity index (χ0v) is 15.4. The lowest BCUT2D eigenvalue weighted by Crippen LogP contribution is -2.45. The van der Waals surface area contributed by atoms with Crippen LogP contribution in [0, 0.1) is 0 Å². The maximum atomic E-state index is 6.28. The third-order valence-electron chi connectivity index (χ3n) is 4.23. The molecule has 7 heteroatoms. The summed E-state index contributed by atoms with van der Waals surface area (Å²) in [6, 6.07) is 5.81. The molecule has 0 saturated carbocycles. The first kappa shape index (κ1) is 17.7. The predicted octanol–water partition coefficient (Wildman–Crippen LogP) is 3.65. The first-order chi connectivity index (χ1) is 11.7. The van der Waals surface area contributed by atoms with Crippen LogP contribution in [0.3, 0.4) is 0 Å². The average Bonchev–Trinajstić information content (AvgIpc) is 3.01. The van der Waals surface area contributed by atoms with Crippen molar-refractivity contribution in [3.63, 3.8) is 0 Å². The maximum Gasteiger partial charge on any atom is 0.226 e. The van der Waals surface area contributed by atoms with E-state index in [4.69, 9.17) is 27.7 Å². The van der Waals surface area contributed by atoms with Crippen molar-refractivity contribution in [2.75, 3.05) is 26.2 Å². The van der Waals surface area contributed by atoms with Gasteiger partial charge in [0, 0.05) is 39.1 Å². The van der Waals surface area contributed by atoms with E-state index in [1.165, 1.54) is 0 Å². The molecule has 0 bridgehead atoms. The van der Waals surface area contributed by atoms with E-state index >= 15 is 0 Å². The van der Waals surface area contributed by atoms with E-state index in [1.54, 1.807) is 0 Å². The lowest BCUT2D eigenvalue weighted by molar-refractivity contribution is 0.119. The second-order valence-electron chi connectivity index (χ2n) is 6.12. The summed E-state index contributed by atoms with van der Waals surface area (Å²) in [4.78, 5) is 9.19. The Labute approximate surface area is 152 Å². The number of aromatic nitrogens is 2. The Kier molecular flexibility index (Phi) is 6.11. The number of hydrogen-bond donors (Lipinski definition) is 0. The van der Waals surface area contributed by atoms with Crippen molar-refractivity contribution in [2.24, 2.45) is 0 Å². The second kappa shape index (κ2) is 8.30. The summed E-state index contributed by atoms with van der Waals surface area (Å²) in [6.45, 7) is 7.63. The van der Waals surface area contributed by atoms with Gasteiger partial charge in [-0.25, -0.2) is 0 Å². The van der Waals surface area contributed by atoms with Gasteiger partial charge in [-0.3, -0.25) is 9.80 Å². The van der Waals surface area contributed by atoms with Gasteiger partial charge in [0.2, 0.25) is 5.89 Å². The molecule has 1 aliphatic rings. The SMILES string of the molecule is CCCc1nc(CN2CCN(Cc3cccc(Cl)c3Cl)CC2)no1. The average molecular weight is 369 g/mol. The van der Waals surface area contributed by atoms with Crippen molar-refractivity contribution in [1.29, 1.82) is 0 Å². The molecule has 1 saturated heterocycles. The van der Waals surface area contributed by atoms with Crippen molar-refractivity contribution in [3.8, 4) is 0 Å². The van der Waals surface area contributed by atoms with E-state index in [0.29, 0.717) is 10.0 Å². The smallest absolute Gasteiger partial charge is 0.226 e. The van der Waals surface area contributed by atoms with E-state index in [9.17, 15) is 0 Å². The van der Waals surface area contributed by atoms with E-state index in [2.05, 4.69) is 26.9 Å². The van der Waals surface area contributed by atoms with Crippen LogP contribution in [0.1, 0.15) is 30.6 Å². The molecule has 0 atom stereocenters. The molecule has 0 aliphatic carbocycles. The van der Waals surface area contributed by atoms with Crippen LogP contribution in [0.25, 0.3) is 0 Å². The molecule has 0 radical (unpaired) electrons. The normalized spacial score (nSPS) is 16.6. The highest BCUT2D eigenvalue weighted by atomic mass is 35.5. The van der Waals surface area contributed by atoms with Crippen LogP contribution in [0.2, 0.25) is 10.0 Å². The highest BCUT2D eigenvalue weighted by Gasteiger charge is 2.20. The third-order valence-corrected chi connectivity index (χ3v) is 5.09. The molecule has 5 nitrogen and oxygen atoms in total. The standard InChI is InChI=1S/C17H22Cl2N4O/c1-2-4-16-20-15(21-24-16)12-23-9-7-22(8-10-23)11-13-5-3-6-14(18)17(13)19/h3,5-6H,2,4,7-12H2,1H3. The van der Waals surface area contributed by atoms with Crippen molar-refractivity contribution >= 4 is 23.2 Å². The van der Waals surface area contributed by atoms with Crippen LogP contribution in [0.15, 0.2) is 22.7 Å². The van der Waals surface area contributed by atoms with E-state index in [1.807, 2.05) is 18.2 Å². The summed E-state index contributed by atoms with van der Waals surface area (Å²) in [6.07, 6.45) is 1.87. The topological polar surface area (TPSA) is 45.4 Å². The van der Waals surface area contributed by atoms with Gasteiger partial charge < -0.3 is 4.52 Å². The zero-order chi connectivity index (χ0) is 16.9. The van der Waals surface area contributed by atoms with Gasteiger partial charge in [0.1, 0.15) is 0 Å². The molecule has 2 aromatic rings. The van der Waals surface area contributed by atoms with Crippen molar-refractivity contribution < 1.29 is 4.52 Å². The fourth-order valence-electron chi connectivity index (χ4n) is 2.89. The van der Waals surface area contributed by atoms with Gasteiger partial charge in [0.25, 0.3) is 0 Å². The molecule has 0 spiro atoms. The first-order valence-corrected chi connectivity index (χ1v) is 9.10. The molecule has 0 N–H and O–H groups in total. The van der Waals surface area contributed by atoms with Gasteiger partial charge in [-0.05, 0) is 18.1 Å². The number of piperazine rings is 1. The molecule has 1 fully saturated rings. The Bertz CT molecular complexity index is 668. The molecule has 130 valence electrons. The molecule has 1 aromatic carbocycles. The minimum atomic E-state index is 0.618. The monoisotopic (exact) mass is 368 g/mol. The maximum absolute atomic E-state index is 6.28. The van der Waals surface area contributed by atoms with Crippen molar-refractivity contribution in [2.45, 2.75) is 32.9 Å². The van der Waals surface area contributed by atoms with Gasteiger partial charge in [0.15, 0.2) is 5.82 Å². The van der Waals surface area contributed by atoms with Crippen LogP contribution < -0.4 is 0 Å². The number of rotatable bonds is 6. The molecule has 0 unspecified atom stereocenters. The molecule has 1 aromatic heterocycles. The van der Waals surface area contributed by atoms with Gasteiger partial charge in [-0.1, -0.05) is 47.4 Å². The first-order valence-electron chi connectivity index (χ1n) is 8.34. The summed E-state index contributed by atoms with van der Waals surface area (Å²) in [5.41, 5.74) is 1.08. The number of halogens is 2. The zero-order valence-electron chi connectivity index (χ0n) is 13.8. The number of benzene rings is 1. The van der Waals surface area contributed by atoms with Crippen LogP contribution in [0.5, 0.6) is 0 Å². The quantitative estimate of drug-likeness (QED) is 0.778. The van der Waals surface area contributed by atoms with Gasteiger partial charge in [0.05, 0.1) is 16.6 Å². The minimum Gasteiger partial charge on any atom is -0.339 e. The highest BCUT2D eigenvalue weighted by Crippen LogP contribution is 2.26. The number of nitrogens with zero attached hydrogens (tertiary/aromatic N) is 4. The van der Waals surface area contributed by atoms with Gasteiger partial charge in [-0.2, -0.15) is 4.98 Å². The fraction of sp³-hybridized carbons (Fsp3) is 0.529. The van der Waals surface area contributed by atoms with E-state index < -0.39 is 0 Å². The Balaban J connectivity index is 1.49. The summed E-state index contributed by atoms with van der Waals surface area (Å²) >= 11 is 12.4. The summed E-state index contributed by atoms with van der Waals surface area (Å²) in [7, 11) is 0. The van der Waals surface area contributed by atoms with Crippen LogP contribution in [-0.2, 0) is 19.5 Å². The number of hydrogen-bond acceptors (Lipinski definition) is 5. The van der Waals surface area contributed by atoms with E-state index in [-0.39, 0.29) is 0 Å². The molecule has 2 heterocycles. The Morgan fingerprint density at radius 1 is 1.08 bits per heavy atom. The Morgan fingerprint density at radius 3 is 2.50 bits per heavy atom. The molecular formula is C17H22Cl2N4O. The van der Waals surface area contributed by atoms with Crippen molar-refractivity contribution in [3.05, 3.63) is 45.5 Å². The second-order valence-corrected chi connectivity index (χ2v) is 6.90. The van der Waals surface area contributed by atoms with E-state index in [0.717, 1.165) is 69.4 Å². The third kappa shape index (κ3) is 4.48. The van der Waals surface area contributed by atoms with Crippen LogP contribution in [-0.4, -0.2) is 46.1 Å². The summed E-state index contributed by atoms with van der Waals surface area (Å²) in [5, 5.41) is 5.35. The number of aryl methyl sites for hydroxylation is 1. The minimum absolute atomic E-state index is 0.618. The molecule has 24 heavy (non-hydrogen) atoms. The Hall–Kier alpha value is -1.14. The Morgan fingerprint density at radius 2 is 1.79 bits per heavy atom. The lowest BCUT2D eigenvalue weighted by Gasteiger charge is -2.34. The van der Waals surface area contributed by atoms with Crippen molar-refractivity contribution in [1.82, 2.24) is 19.9 Å². The molecule has 0 amide bonds. The van der Waals surface area contributed by atoms with Crippen LogP contribution in [0.4, 0.5) is 0 Å². The molecule has 1 aliphatic heterocycles. The summed E-state index contributed by atoms with van der Waals surface area (Å²) < 4.78 is 5.25. The highest BCUT2D eigenvalue weighted by molar-refractivity contribution is 6.42. The van der Waals surface area contributed by atoms with Gasteiger partial charge in [-0.15, -0.1) is 0 Å². The largest absolute Gasteiger partial charge is 0.339 e. The van der Waals surface area contributed by atoms with Crippen LogP contribution >= 0.6 is 23.2 Å². The fourth-order valence-corrected chi connectivity index (χ4v) is 3.27. The summed E-state index contributed by atoms with van der Waals surface area (Å²) in [5.74, 6) is 1.52. The lowest BCUT2D eigenvalue weighted by atomic mass is 10.2. The molecular weight excluding hydrogens is 347 g/mol. The molecule has 3 rings (SSSR count).